The monoisotopic (exact) mass is 280 g/mol. The highest BCUT2D eigenvalue weighted by molar-refractivity contribution is 5.81. The molecule has 0 bridgehead atoms. The number of H-pyrrole nitrogens is 1. The van der Waals surface area contributed by atoms with Gasteiger partial charge in [-0.1, -0.05) is 12.1 Å². The first kappa shape index (κ1) is 11.8. The Hall–Kier alpha value is -3.02. The lowest BCUT2D eigenvalue weighted by molar-refractivity contribution is 0.572. The fraction of sp³-hybridized carbons (Fsp3) is 0. The predicted molar refractivity (Wildman–Crippen MR) is 74.8 cm³/mol. The summed E-state index contributed by atoms with van der Waals surface area (Å²) in [6.07, 6.45) is 4.67. The third-order valence-electron chi connectivity index (χ3n) is 3.15. The predicted octanol–water partition coefficient (Wildman–Crippen LogP) is 3.42. The zero-order valence-corrected chi connectivity index (χ0v) is 10.7. The number of pyridine rings is 1. The van der Waals surface area contributed by atoms with Crippen molar-refractivity contribution in [3.63, 3.8) is 0 Å². The highest BCUT2D eigenvalue weighted by Crippen LogP contribution is 2.24. The molecule has 0 spiro atoms. The van der Waals surface area contributed by atoms with Gasteiger partial charge in [-0.3, -0.25) is 0 Å². The molecule has 102 valence electrons. The van der Waals surface area contributed by atoms with E-state index in [0.717, 1.165) is 5.52 Å². The zero-order chi connectivity index (χ0) is 14.2. The van der Waals surface area contributed by atoms with Crippen LogP contribution in [0.15, 0.2) is 53.4 Å². The van der Waals surface area contributed by atoms with E-state index in [1.807, 2.05) is 0 Å². The fourth-order valence-electron chi connectivity index (χ4n) is 2.16. The van der Waals surface area contributed by atoms with Gasteiger partial charge in [-0.2, -0.15) is 0 Å². The van der Waals surface area contributed by atoms with Crippen molar-refractivity contribution in [3.05, 3.63) is 54.8 Å². The Balaban J connectivity index is 1.85. The second kappa shape index (κ2) is 4.52. The number of hydrogen-bond acceptors (Lipinski definition) is 4. The summed E-state index contributed by atoms with van der Waals surface area (Å²) in [5.41, 5.74) is 2.41. The summed E-state index contributed by atoms with van der Waals surface area (Å²) in [5, 5.41) is 0. The molecule has 0 atom stereocenters. The quantitative estimate of drug-likeness (QED) is 0.611. The first-order valence-corrected chi connectivity index (χ1v) is 6.32. The number of halogens is 1. The summed E-state index contributed by atoms with van der Waals surface area (Å²) in [6, 6.07) is 8.24. The third-order valence-corrected chi connectivity index (χ3v) is 3.15. The number of nitrogens with zero attached hydrogens (tertiary/aromatic N) is 3. The summed E-state index contributed by atoms with van der Waals surface area (Å²) in [6.45, 7) is 0. The van der Waals surface area contributed by atoms with Gasteiger partial charge in [-0.15, -0.1) is 0 Å². The molecule has 0 radical (unpaired) electrons. The SMILES string of the molecule is Fc1ccccc1-c1nc2cc(-c3ncco3)ncc2[nH]1. The van der Waals surface area contributed by atoms with Crippen molar-refractivity contribution in [1.82, 2.24) is 19.9 Å². The van der Waals surface area contributed by atoms with Crippen LogP contribution in [0.5, 0.6) is 0 Å². The maximum Gasteiger partial charge on any atom is 0.245 e. The number of hydrogen-bond donors (Lipinski definition) is 1. The standard InChI is InChI=1S/C15H9FN4O/c16-10-4-2-1-3-9(10)14-19-11-7-12(15-17-5-6-21-15)18-8-13(11)20-14/h1-8H,(H,19,20). The number of benzene rings is 1. The van der Waals surface area contributed by atoms with Crippen molar-refractivity contribution in [2.45, 2.75) is 0 Å². The van der Waals surface area contributed by atoms with Gasteiger partial charge in [0, 0.05) is 0 Å². The van der Waals surface area contributed by atoms with Crippen LogP contribution in [0.4, 0.5) is 4.39 Å². The van der Waals surface area contributed by atoms with Crippen molar-refractivity contribution < 1.29 is 8.81 Å². The van der Waals surface area contributed by atoms with Crippen LogP contribution in [0.3, 0.4) is 0 Å². The largest absolute Gasteiger partial charge is 0.443 e. The van der Waals surface area contributed by atoms with Crippen LogP contribution in [0.1, 0.15) is 0 Å². The van der Waals surface area contributed by atoms with E-state index in [2.05, 4.69) is 19.9 Å². The maximum atomic E-state index is 13.8. The average Bonchev–Trinajstić information content (AvgIpc) is 3.16. The molecule has 4 rings (SSSR count). The lowest BCUT2D eigenvalue weighted by Crippen LogP contribution is -1.84. The molecule has 0 fully saturated rings. The second-order valence-corrected chi connectivity index (χ2v) is 4.49. The number of aromatic amines is 1. The van der Waals surface area contributed by atoms with Crippen molar-refractivity contribution in [2.24, 2.45) is 0 Å². The van der Waals surface area contributed by atoms with Crippen LogP contribution >= 0.6 is 0 Å². The molecule has 0 saturated carbocycles. The van der Waals surface area contributed by atoms with Crippen LogP contribution in [-0.4, -0.2) is 19.9 Å². The van der Waals surface area contributed by atoms with Crippen molar-refractivity contribution >= 4 is 11.0 Å². The molecule has 3 aromatic heterocycles. The molecule has 0 amide bonds. The average molecular weight is 280 g/mol. The Kier molecular flexibility index (Phi) is 2.53. The number of imidazole rings is 1. The molecule has 5 nitrogen and oxygen atoms in total. The Morgan fingerprint density at radius 1 is 1.14 bits per heavy atom. The van der Waals surface area contributed by atoms with E-state index in [1.54, 1.807) is 36.7 Å². The molecule has 0 aliphatic carbocycles. The topological polar surface area (TPSA) is 67.6 Å². The van der Waals surface area contributed by atoms with Crippen LogP contribution in [-0.2, 0) is 0 Å². The summed E-state index contributed by atoms with van der Waals surface area (Å²) >= 11 is 0. The van der Waals surface area contributed by atoms with E-state index in [-0.39, 0.29) is 5.82 Å². The van der Waals surface area contributed by atoms with E-state index in [4.69, 9.17) is 4.42 Å². The molecule has 1 aromatic carbocycles. The Morgan fingerprint density at radius 3 is 2.86 bits per heavy atom. The lowest BCUT2D eigenvalue weighted by atomic mass is 10.2. The molecular formula is C15H9FN4O. The number of aromatic nitrogens is 4. The number of fused-ring (bicyclic) bond motifs is 1. The Bertz CT molecular complexity index is 914. The van der Waals surface area contributed by atoms with E-state index < -0.39 is 0 Å². The molecule has 0 aliphatic heterocycles. The van der Waals surface area contributed by atoms with Crippen LogP contribution in [0.25, 0.3) is 34.0 Å². The molecule has 21 heavy (non-hydrogen) atoms. The van der Waals surface area contributed by atoms with Gasteiger partial charge < -0.3 is 9.40 Å². The summed E-state index contributed by atoms with van der Waals surface area (Å²) < 4.78 is 19.0. The van der Waals surface area contributed by atoms with Crippen molar-refractivity contribution in [1.29, 1.82) is 0 Å². The maximum absolute atomic E-state index is 13.8. The van der Waals surface area contributed by atoms with E-state index in [1.165, 1.54) is 12.3 Å². The van der Waals surface area contributed by atoms with E-state index in [0.29, 0.717) is 28.5 Å². The molecule has 6 heteroatoms. The highest BCUT2D eigenvalue weighted by Gasteiger charge is 2.12. The van der Waals surface area contributed by atoms with Gasteiger partial charge >= 0.3 is 0 Å². The Morgan fingerprint density at radius 2 is 2.05 bits per heavy atom. The van der Waals surface area contributed by atoms with Crippen LogP contribution in [0, 0.1) is 5.82 Å². The van der Waals surface area contributed by atoms with Crippen LogP contribution in [0.2, 0.25) is 0 Å². The van der Waals surface area contributed by atoms with Gasteiger partial charge in [0.25, 0.3) is 0 Å². The summed E-state index contributed by atoms with van der Waals surface area (Å²) in [7, 11) is 0. The lowest BCUT2D eigenvalue weighted by Gasteiger charge is -1.96. The minimum absolute atomic E-state index is 0.322. The van der Waals surface area contributed by atoms with Crippen LogP contribution < -0.4 is 0 Å². The first-order chi connectivity index (χ1) is 10.3. The number of rotatable bonds is 2. The smallest absolute Gasteiger partial charge is 0.245 e. The Labute approximate surface area is 118 Å². The summed E-state index contributed by atoms with van der Waals surface area (Å²) in [5.74, 6) is 0.569. The molecular weight excluding hydrogens is 271 g/mol. The van der Waals surface area contributed by atoms with Gasteiger partial charge in [0.05, 0.1) is 29.0 Å². The second-order valence-electron chi connectivity index (χ2n) is 4.49. The molecule has 0 unspecified atom stereocenters. The number of oxazole rings is 1. The van der Waals surface area contributed by atoms with E-state index >= 15 is 0 Å². The molecule has 1 N–H and O–H groups in total. The number of nitrogens with one attached hydrogen (secondary N) is 1. The highest BCUT2D eigenvalue weighted by atomic mass is 19.1. The van der Waals surface area contributed by atoms with Gasteiger partial charge in [0.1, 0.15) is 23.6 Å². The van der Waals surface area contributed by atoms with Gasteiger partial charge in [0.2, 0.25) is 5.89 Å². The van der Waals surface area contributed by atoms with Crippen molar-refractivity contribution in [3.8, 4) is 23.0 Å². The van der Waals surface area contributed by atoms with Gasteiger partial charge in [0.15, 0.2) is 0 Å². The summed E-state index contributed by atoms with van der Waals surface area (Å²) in [4.78, 5) is 15.8. The van der Waals surface area contributed by atoms with Crippen molar-refractivity contribution in [2.75, 3.05) is 0 Å². The van der Waals surface area contributed by atoms with Gasteiger partial charge in [-0.05, 0) is 18.2 Å². The normalized spacial score (nSPS) is 11.1. The third kappa shape index (κ3) is 1.97. The molecule has 0 aliphatic rings. The molecule has 3 heterocycles. The molecule has 4 aromatic rings. The fourth-order valence-corrected chi connectivity index (χ4v) is 2.16. The zero-order valence-electron chi connectivity index (χ0n) is 10.7. The first-order valence-electron chi connectivity index (χ1n) is 6.32. The van der Waals surface area contributed by atoms with Gasteiger partial charge in [-0.25, -0.2) is 19.3 Å². The van der Waals surface area contributed by atoms with E-state index in [9.17, 15) is 4.39 Å². The molecule has 0 saturated heterocycles. The minimum atomic E-state index is -0.322. The minimum Gasteiger partial charge on any atom is -0.443 e.